The molecule has 5 heteroatoms. The van der Waals surface area contributed by atoms with Crippen molar-refractivity contribution in [3.05, 3.63) is 35.6 Å². The summed E-state index contributed by atoms with van der Waals surface area (Å²) in [4.78, 5) is 23.0. The van der Waals surface area contributed by atoms with Gasteiger partial charge < -0.3 is 10.6 Å². The second-order valence-electron chi connectivity index (χ2n) is 5.05. The molecule has 1 aromatic carbocycles. The van der Waals surface area contributed by atoms with Crippen LogP contribution in [0.15, 0.2) is 24.3 Å². The average Bonchev–Trinajstić information content (AvgIpc) is 2.37. The van der Waals surface area contributed by atoms with Gasteiger partial charge in [-0.1, -0.05) is 32.0 Å². The maximum absolute atomic E-state index is 13.4. The predicted molar refractivity (Wildman–Crippen MR) is 75.6 cm³/mol. The highest BCUT2D eigenvalue weighted by molar-refractivity contribution is 5.87. The van der Waals surface area contributed by atoms with Gasteiger partial charge in [0.2, 0.25) is 11.8 Å². The fourth-order valence-electron chi connectivity index (χ4n) is 1.89. The molecule has 0 heterocycles. The minimum atomic E-state index is -0.562. The summed E-state index contributed by atoms with van der Waals surface area (Å²) in [6, 6.07) is 5.91. The molecular weight excluding hydrogens is 259 g/mol. The van der Waals surface area contributed by atoms with Crippen LogP contribution in [0.1, 0.15) is 26.3 Å². The number of rotatable bonds is 6. The van der Waals surface area contributed by atoms with E-state index >= 15 is 0 Å². The average molecular weight is 280 g/mol. The highest BCUT2D eigenvalue weighted by Crippen LogP contribution is 2.06. The zero-order valence-electron chi connectivity index (χ0n) is 12.1. The molecule has 1 atom stereocenters. The Morgan fingerprint density at radius 3 is 2.45 bits per heavy atom. The van der Waals surface area contributed by atoms with Crippen LogP contribution in [0.2, 0.25) is 0 Å². The molecule has 0 bridgehead atoms. The molecule has 1 unspecified atom stereocenters. The first kappa shape index (κ1) is 16.1. The lowest BCUT2D eigenvalue weighted by Crippen LogP contribution is -2.49. The maximum atomic E-state index is 13.4. The molecule has 0 aliphatic rings. The van der Waals surface area contributed by atoms with Crippen molar-refractivity contribution in [1.29, 1.82) is 0 Å². The lowest BCUT2D eigenvalue weighted by Gasteiger charge is -2.20. The molecule has 4 nitrogen and oxygen atoms in total. The smallest absolute Gasteiger partial charge is 0.242 e. The third-order valence-corrected chi connectivity index (χ3v) is 2.96. The largest absolute Gasteiger partial charge is 0.354 e. The van der Waals surface area contributed by atoms with E-state index in [0.717, 1.165) is 0 Å². The number of hydrogen-bond donors (Lipinski definition) is 2. The zero-order valence-corrected chi connectivity index (χ0v) is 12.1. The van der Waals surface area contributed by atoms with E-state index in [1.54, 1.807) is 18.2 Å². The Morgan fingerprint density at radius 1 is 1.25 bits per heavy atom. The van der Waals surface area contributed by atoms with Gasteiger partial charge in [-0.05, 0) is 24.0 Å². The second-order valence-corrected chi connectivity index (χ2v) is 5.05. The van der Waals surface area contributed by atoms with Gasteiger partial charge in [0.1, 0.15) is 11.9 Å². The molecule has 0 saturated heterocycles. The first-order valence-electron chi connectivity index (χ1n) is 6.70. The van der Waals surface area contributed by atoms with Crippen LogP contribution in [-0.2, 0) is 16.0 Å². The summed E-state index contributed by atoms with van der Waals surface area (Å²) in [5, 5.41) is 5.34. The van der Waals surface area contributed by atoms with Gasteiger partial charge in [0.25, 0.3) is 0 Å². The van der Waals surface area contributed by atoms with Crippen LogP contribution in [0.4, 0.5) is 4.39 Å². The molecule has 1 aromatic rings. The van der Waals surface area contributed by atoms with Crippen molar-refractivity contribution >= 4 is 11.8 Å². The van der Waals surface area contributed by atoms with E-state index in [4.69, 9.17) is 0 Å². The Labute approximate surface area is 118 Å². The first-order valence-corrected chi connectivity index (χ1v) is 6.70. The van der Waals surface area contributed by atoms with Gasteiger partial charge in [-0.3, -0.25) is 9.59 Å². The standard InChI is InChI=1S/C15H21FN2O2/c1-10(2)14(18-11(3)19)15(20)17-9-8-12-6-4-5-7-13(12)16/h4-7,10,14H,8-9H2,1-3H3,(H,17,20)(H,18,19). The minimum absolute atomic E-state index is 0.00707. The van der Waals surface area contributed by atoms with E-state index in [1.807, 2.05) is 13.8 Å². The van der Waals surface area contributed by atoms with Crippen LogP contribution < -0.4 is 10.6 Å². The molecular formula is C15H21FN2O2. The van der Waals surface area contributed by atoms with E-state index in [-0.39, 0.29) is 23.5 Å². The fraction of sp³-hybridized carbons (Fsp3) is 0.467. The fourth-order valence-corrected chi connectivity index (χ4v) is 1.89. The molecule has 0 fully saturated rings. The third-order valence-electron chi connectivity index (χ3n) is 2.96. The molecule has 0 aliphatic heterocycles. The maximum Gasteiger partial charge on any atom is 0.242 e. The Morgan fingerprint density at radius 2 is 1.90 bits per heavy atom. The van der Waals surface area contributed by atoms with E-state index in [0.29, 0.717) is 18.5 Å². The van der Waals surface area contributed by atoms with Crippen molar-refractivity contribution in [3.8, 4) is 0 Å². The van der Waals surface area contributed by atoms with Gasteiger partial charge >= 0.3 is 0 Å². The molecule has 1 rings (SSSR count). The Balaban J connectivity index is 2.49. The van der Waals surface area contributed by atoms with Crippen molar-refractivity contribution in [2.45, 2.75) is 33.2 Å². The van der Waals surface area contributed by atoms with Crippen molar-refractivity contribution < 1.29 is 14.0 Å². The molecule has 0 spiro atoms. The van der Waals surface area contributed by atoms with Gasteiger partial charge in [0.15, 0.2) is 0 Å². The van der Waals surface area contributed by atoms with E-state index < -0.39 is 6.04 Å². The number of carbonyl (C=O) groups excluding carboxylic acids is 2. The molecule has 2 N–H and O–H groups in total. The lowest BCUT2D eigenvalue weighted by molar-refractivity contribution is -0.129. The number of halogens is 1. The van der Waals surface area contributed by atoms with E-state index in [1.165, 1.54) is 13.0 Å². The molecule has 0 radical (unpaired) electrons. The second kappa shape index (κ2) is 7.62. The Bertz CT molecular complexity index is 475. The SMILES string of the molecule is CC(=O)NC(C(=O)NCCc1ccccc1F)C(C)C. The van der Waals surface area contributed by atoms with Crippen molar-refractivity contribution in [2.75, 3.05) is 6.54 Å². The normalized spacial score (nSPS) is 12.1. The van der Waals surface area contributed by atoms with Crippen LogP contribution in [0, 0.1) is 11.7 Å². The van der Waals surface area contributed by atoms with Crippen molar-refractivity contribution in [1.82, 2.24) is 10.6 Å². The van der Waals surface area contributed by atoms with Gasteiger partial charge in [-0.15, -0.1) is 0 Å². The van der Waals surface area contributed by atoms with Crippen LogP contribution >= 0.6 is 0 Å². The van der Waals surface area contributed by atoms with Crippen LogP contribution in [-0.4, -0.2) is 24.4 Å². The topological polar surface area (TPSA) is 58.2 Å². The molecule has 110 valence electrons. The molecule has 0 aliphatic carbocycles. The highest BCUT2D eigenvalue weighted by Gasteiger charge is 2.22. The summed E-state index contributed by atoms with van der Waals surface area (Å²) in [6.07, 6.45) is 0.420. The van der Waals surface area contributed by atoms with Gasteiger partial charge in [0.05, 0.1) is 0 Å². The number of nitrogens with one attached hydrogen (secondary N) is 2. The van der Waals surface area contributed by atoms with Crippen molar-refractivity contribution in [2.24, 2.45) is 5.92 Å². The minimum Gasteiger partial charge on any atom is -0.354 e. The first-order chi connectivity index (χ1) is 9.41. The summed E-state index contributed by atoms with van der Waals surface area (Å²) in [5.74, 6) is -0.768. The van der Waals surface area contributed by atoms with Gasteiger partial charge in [-0.25, -0.2) is 4.39 Å². The molecule has 2 amide bonds. The van der Waals surface area contributed by atoms with Crippen LogP contribution in [0.25, 0.3) is 0 Å². The van der Waals surface area contributed by atoms with Crippen LogP contribution in [0.3, 0.4) is 0 Å². The number of benzene rings is 1. The number of amides is 2. The molecule has 0 saturated carbocycles. The summed E-state index contributed by atoms with van der Waals surface area (Å²) < 4.78 is 13.4. The van der Waals surface area contributed by atoms with Gasteiger partial charge in [0, 0.05) is 13.5 Å². The lowest BCUT2D eigenvalue weighted by atomic mass is 10.0. The summed E-state index contributed by atoms with van der Waals surface area (Å²) >= 11 is 0. The Kier molecular flexibility index (Phi) is 6.15. The summed E-state index contributed by atoms with van der Waals surface area (Å²) in [7, 11) is 0. The zero-order chi connectivity index (χ0) is 15.1. The number of carbonyl (C=O) groups is 2. The Hall–Kier alpha value is -1.91. The molecule has 20 heavy (non-hydrogen) atoms. The van der Waals surface area contributed by atoms with Gasteiger partial charge in [-0.2, -0.15) is 0 Å². The van der Waals surface area contributed by atoms with E-state index in [9.17, 15) is 14.0 Å². The van der Waals surface area contributed by atoms with Crippen molar-refractivity contribution in [3.63, 3.8) is 0 Å². The molecule has 0 aromatic heterocycles. The summed E-state index contributed by atoms with van der Waals surface area (Å²) in [6.45, 7) is 5.43. The number of hydrogen-bond acceptors (Lipinski definition) is 2. The quantitative estimate of drug-likeness (QED) is 0.832. The highest BCUT2D eigenvalue weighted by atomic mass is 19.1. The monoisotopic (exact) mass is 280 g/mol. The predicted octanol–water partition coefficient (Wildman–Crippen LogP) is 1.65. The van der Waals surface area contributed by atoms with E-state index in [2.05, 4.69) is 10.6 Å². The van der Waals surface area contributed by atoms with Crippen LogP contribution in [0.5, 0.6) is 0 Å². The third kappa shape index (κ3) is 4.99. The summed E-state index contributed by atoms with van der Waals surface area (Å²) in [5.41, 5.74) is 0.563.